The summed E-state index contributed by atoms with van der Waals surface area (Å²) in [6.45, 7) is 2.80. The molecular weight excluding hydrogens is 466 g/mol. The number of ether oxygens (including phenoxy) is 1. The molecule has 0 atom stereocenters. The molecule has 1 aromatic heterocycles. The molecule has 0 bridgehead atoms. The smallest absolute Gasteiger partial charge is 0.340 e. The average molecular weight is 488 g/mol. The van der Waals surface area contributed by atoms with Crippen LogP contribution in [0.3, 0.4) is 0 Å². The highest BCUT2D eigenvalue weighted by atomic mass is 32.2. The van der Waals surface area contributed by atoms with Crippen LogP contribution in [0.1, 0.15) is 31.8 Å². The van der Waals surface area contributed by atoms with E-state index in [2.05, 4.69) is 10.0 Å². The Morgan fingerprint density at radius 3 is 2.48 bits per heavy atom. The lowest BCUT2D eigenvalue weighted by Crippen LogP contribution is -2.23. The van der Waals surface area contributed by atoms with Crippen molar-refractivity contribution in [1.29, 1.82) is 0 Å². The summed E-state index contributed by atoms with van der Waals surface area (Å²) >= 11 is 1.10. The molecule has 4 N–H and O–H groups in total. The molecule has 9 nitrogen and oxygen atoms in total. The highest BCUT2D eigenvalue weighted by Gasteiger charge is 2.22. The van der Waals surface area contributed by atoms with E-state index in [-0.39, 0.29) is 26.7 Å². The van der Waals surface area contributed by atoms with Crippen molar-refractivity contribution < 1.29 is 27.5 Å². The van der Waals surface area contributed by atoms with Crippen LogP contribution in [0, 0.1) is 13.8 Å². The van der Waals surface area contributed by atoms with Crippen molar-refractivity contribution >= 4 is 49.8 Å². The van der Waals surface area contributed by atoms with Gasteiger partial charge in [0.25, 0.3) is 21.8 Å². The number of rotatable bonds is 8. The Morgan fingerprint density at radius 2 is 1.76 bits per heavy atom. The number of esters is 1. The fourth-order valence-electron chi connectivity index (χ4n) is 2.92. The molecule has 3 aromatic rings. The molecule has 0 saturated carbocycles. The lowest BCUT2D eigenvalue weighted by molar-refractivity contribution is -0.119. The number of hydrogen-bond acceptors (Lipinski definition) is 7. The van der Waals surface area contributed by atoms with E-state index in [9.17, 15) is 22.8 Å². The van der Waals surface area contributed by atoms with Gasteiger partial charge in [-0.3, -0.25) is 14.3 Å². The summed E-state index contributed by atoms with van der Waals surface area (Å²) in [6, 6.07) is 12.4. The van der Waals surface area contributed by atoms with Crippen LogP contribution in [0.15, 0.2) is 58.8 Å². The summed E-state index contributed by atoms with van der Waals surface area (Å²) in [7, 11) is -3.98. The Hall–Kier alpha value is -3.70. The van der Waals surface area contributed by atoms with Crippen molar-refractivity contribution in [1.82, 2.24) is 0 Å². The Morgan fingerprint density at radius 1 is 1.03 bits per heavy atom. The fraction of sp³-hybridized carbons (Fsp3) is 0.136. The van der Waals surface area contributed by atoms with E-state index in [1.807, 2.05) is 0 Å². The van der Waals surface area contributed by atoms with Crippen LogP contribution < -0.4 is 15.8 Å². The molecule has 0 unspecified atom stereocenters. The molecule has 1 heterocycles. The van der Waals surface area contributed by atoms with Crippen molar-refractivity contribution in [2.45, 2.75) is 18.7 Å². The number of nitrogens with one attached hydrogen (secondary N) is 2. The maximum Gasteiger partial charge on any atom is 0.340 e. The standard InChI is InChI=1S/C22H21N3O6S2/c1-13-7-8-14(2)18(11-13)33(29,30)25-17-6-4-3-5-15(17)22(28)31-12-19(26)24-21-16(20(23)27)9-10-32-21/h3-11,25H,12H2,1-2H3,(H2,23,27)(H,24,26). The minimum atomic E-state index is -3.98. The van der Waals surface area contributed by atoms with Crippen molar-refractivity contribution in [3.63, 3.8) is 0 Å². The second kappa shape index (κ2) is 9.84. The zero-order valence-corrected chi connectivity index (χ0v) is 19.4. The molecule has 2 aromatic carbocycles. The number of para-hydroxylation sites is 1. The van der Waals surface area contributed by atoms with Gasteiger partial charge in [0.15, 0.2) is 6.61 Å². The van der Waals surface area contributed by atoms with Gasteiger partial charge in [-0.1, -0.05) is 24.3 Å². The third kappa shape index (κ3) is 5.76. The van der Waals surface area contributed by atoms with E-state index in [0.29, 0.717) is 5.56 Å². The number of amides is 2. The first-order valence-corrected chi connectivity index (χ1v) is 12.0. The average Bonchev–Trinajstić information content (AvgIpc) is 3.22. The van der Waals surface area contributed by atoms with E-state index < -0.39 is 34.4 Å². The number of carbonyl (C=O) groups is 3. The maximum atomic E-state index is 12.9. The van der Waals surface area contributed by atoms with Crippen LogP contribution >= 0.6 is 11.3 Å². The number of aryl methyl sites for hydroxylation is 2. The van der Waals surface area contributed by atoms with Gasteiger partial charge in [0.1, 0.15) is 5.00 Å². The van der Waals surface area contributed by atoms with Gasteiger partial charge in [0.05, 0.1) is 21.7 Å². The number of nitrogens with two attached hydrogens (primary N) is 1. The van der Waals surface area contributed by atoms with Gasteiger partial charge < -0.3 is 15.8 Å². The minimum Gasteiger partial charge on any atom is -0.452 e. The predicted octanol–water partition coefficient (Wildman–Crippen LogP) is 3.06. The van der Waals surface area contributed by atoms with Crippen LogP contribution in [0.4, 0.5) is 10.7 Å². The summed E-state index contributed by atoms with van der Waals surface area (Å²) < 4.78 is 33.3. The van der Waals surface area contributed by atoms with Gasteiger partial charge in [-0.05, 0) is 54.6 Å². The number of thiophene rings is 1. The van der Waals surface area contributed by atoms with Gasteiger partial charge >= 0.3 is 5.97 Å². The number of benzene rings is 2. The number of sulfonamides is 1. The molecule has 0 aliphatic carbocycles. The van der Waals surface area contributed by atoms with Crippen LogP contribution in [0.25, 0.3) is 0 Å². The fourth-order valence-corrected chi connectivity index (χ4v) is 5.14. The molecule has 2 amide bonds. The largest absolute Gasteiger partial charge is 0.452 e. The van der Waals surface area contributed by atoms with Gasteiger partial charge in [-0.2, -0.15) is 0 Å². The van der Waals surface area contributed by atoms with E-state index in [1.54, 1.807) is 37.4 Å². The molecule has 0 spiro atoms. The lowest BCUT2D eigenvalue weighted by Gasteiger charge is -2.14. The molecule has 0 radical (unpaired) electrons. The number of anilines is 2. The van der Waals surface area contributed by atoms with E-state index >= 15 is 0 Å². The third-order valence-electron chi connectivity index (χ3n) is 4.54. The Bertz CT molecular complexity index is 1330. The second-order valence-electron chi connectivity index (χ2n) is 7.07. The number of primary amides is 1. The summed E-state index contributed by atoms with van der Waals surface area (Å²) in [5.41, 5.74) is 6.65. The molecule has 11 heteroatoms. The Balaban J connectivity index is 1.72. The molecule has 0 aliphatic rings. The van der Waals surface area contributed by atoms with Gasteiger partial charge in [0.2, 0.25) is 0 Å². The molecule has 3 rings (SSSR count). The highest BCUT2D eigenvalue weighted by molar-refractivity contribution is 7.92. The first kappa shape index (κ1) is 24.0. The van der Waals surface area contributed by atoms with Crippen molar-refractivity contribution in [3.8, 4) is 0 Å². The summed E-state index contributed by atoms with van der Waals surface area (Å²) in [4.78, 5) is 36.2. The summed E-state index contributed by atoms with van der Waals surface area (Å²) in [5.74, 6) is -2.28. The van der Waals surface area contributed by atoms with E-state index in [0.717, 1.165) is 16.9 Å². The molecule has 33 heavy (non-hydrogen) atoms. The van der Waals surface area contributed by atoms with Crippen LogP contribution in [0.2, 0.25) is 0 Å². The maximum absolute atomic E-state index is 12.9. The third-order valence-corrected chi connectivity index (χ3v) is 6.88. The summed E-state index contributed by atoms with van der Waals surface area (Å²) in [5, 5.41) is 4.28. The summed E-state index contributed by atoms with van der Waals surface area (Å²) in [6.07, 6.45) is 0. The molecule has 0 fully saturated rings. The topological polar surface area (TPSA) is 145 Å². The lowest BCUT2D eigenvalue weighted by atomic mass is 10.2. The quantitative estimate of drug-likeness (QED) is 0.417. The number of carbonyl (C=O) groups excluding carboxylic acids is 3. The zero-order chi connectivity index (χ0) is 24.2. The van der Waals surface area contributed by atoms with Crippen molar-refractivity contribution in [2.24, 2.45) is 5.73 Å². The van der Waals surface area contributed by atoms with Gasteiger partial charge in [0, 0.05) is 0 Å². The first-order chi connectivity index (χ1) is 15.6. The van der Waals surface area contributed by atoms with Crippen LogP contribution in [0.5, 0.6) is 0 Å². The first-order valence-electron chi connectivity index (χ1n) is 9.62. The Labute approximate surface area is 194 Å². The zero-order valence-electron chi connectivity index (χ0n) is 17.7. The second-order valence-corrected chi connectivity index (χ2v) is 9.64. The monoisotopic (exact) mass is 487 g/mol. The molecule has 0 aliphatic heterocycles. The number of hydrogen-bond donors (Lipinski definition) is 3. The van der Waals surface area contributed by atoms with Crippen LogP contribution in [-0.2, 0) is 19.6 Å². The molecular formula is C22H21N3O6S2. The Kier molecular flexibility index (Phi) is 7.14. The SMILES string of the molecule is Cc1ccc(C)c(S(=O)(=O)Nc2ccccc2C(=O)OCC(=O)Nc2sccc2C(N)=O)c1. The van der Waals surface area contributed by atoms with E-state index in [1.165, 1.54) is 30.3 Å². The molecule has 0 saturated heterocycles. The van der Waals surface area contributed by atoms with E-state index in [4.69, 9.17) is 10.5 Å². The predicted molar refractivity (Wildman–Crippen MR) is 125 cm³/mol. The van der Waals surface area contributed by atoms with Crippen molar-refractivity contribution in [2.75, 3.05) is 16.6 Å². The highest BCUT2D eigenvalue weighted by Crippen LogP contribution is 2.24. The minimum absolute atomic E-state index is 0.0121. The van der Waals surface area contributed by atoms with Gasteiger partial charge in [-0.25, -0.2) is 13.2 Å². The van der Waals surface area contributed by atoms with Crippen LogP contribution in [-0.4, -0.2) is 32.8 Å². The molecule has 172 valence electrons. The van der Waals surface area contributed by atoms with Crippen molar-refractivity contribution in [3.05, 3.63) is 76.2 Å². The van der Waals surface area contributed by atoms with Gasteiger partial charge in [-0.15, -0.1) is 11.3 Å². The normalized spacial score (nSPS) is 11.0.